The smallest absolute Gasteiger partial charge is 0.271 e. The molecule has 3 rings (SSSR count). The number of aliphatic hydroxyl groups excluding tert-OH is 1. The average Bonchev–Trinajstić information content (AvgIpc) is 2.99. The molecule has 0 aromatic carbocycles. The molecule has 2 saturated heterocycles. The van der Waals surface area contributed by atoms with E-state index in [0.717, 1.165) is 0 Å². The summed E-state index contributed by atoms with van der Waals surface area (Å²) < 4.78 is 17.7. The van der Waals surface area contributed by atoms with Gasteiger partial charge >= 0.3 is 0 Å². The van der Waals surface area contributed by atoms with Crippen LogP contribution in [0.1, 0.15) is 26.7 Å². The number of primary amides is 1. The predicted octanol–water partition coefficient (Wildman–Crippen LogP) is 0.252. The lowest BCUT2D eigenvalue weighted by Gasteiger charge is -2.27. The van der Waals surface area contributed by atoms with Crippen LogP contribution in [0.4, 0.5) is 0 Å². The van der Waals surface area contributed by atoms with Crippen LogP contribution in [0, 0.1) is 5.92 Å². The summed E-state index contributed by atoms with van der Waals surface area (Å²) >= 11 is 6.08. The van der Waals surface area contributed by atoms with Crippen molar-refractivity contribution in [3.63, 3.8) is 0 Å². The Labute approximate surface area is 150 Å². The summed E-state index contributed by atoms with van der Waals surface area (Å²) in [6.07, 6.45) is 0.337. The second-order valence-electron chi connectivity index (χ2n) is 6.83. The standard InChI is InChI=1S/C16H21ClN2O6/c1-16(2)24-13-9(6-20)23-12(14(13)25-16)7-3-4-8(21)11(15(18)22)19-10(17)5-7/h5,7,9,12-14,20H,3-4,6H2,1-2H3,(H2,18,22)/b10-5-,19-11+/t7?,9-,12?,13-,14+/m1/s1. The van der Waals surface area contributed by atoms with Gasteiger partial charge < -0.3 is 25.1 Å². The number of fused-ring (bicyclic) bond motifs is 1. The minimum Gasteiger partial charge on any atom is -0.394 e. The summed E-state index contributed by atoms with van der Waals surface area (Å²) in [5.74, 6) is -2.42. The van der Waals surface area contributed by atoms with E-state index in [-0.39, 0.29) is 29.8 Å². The molecule has 25 heavy (non-hydrogen) atoms. The summed E-state index contributed by atoms with van der Waals surface area (Å²) in [7, 11) is 0. The molecule has 9 heteroatoms. The normalized spacial score (nSPS) is 41.9. The van der Waals surface area contributed by atoms with Crippen LogP contribution < -0.4 is 5.73 Å². The van der Waals surface area contributed by atoms with Gasteiger partial charge in [-0.3, -0.25) is 9.59 Å². The van der Waals surface area contributed by atoms with Crippen molar-refractivity contribution in [3.8, 4) is 0 Å². The van der Waals surface area contributed by atoms with Crippen molar-refractivity contribution in [2.24, 2.45) is 16.6 Å². The SMILES string of the molecule is CC1(C)O[C@@H]2[C@@H](CO)OC(C3/C=C(Cl)\N=C(\C(N)=O)C(=O)CC3)[C@@H]2O1. The van der Waals surface area contributed by atoms with Crippen LogP contribution in [-0.2, 0) is 23.8 Å². The number of hydrogen-bond donors (Lipinski definition) is 2. The molecule has 5 atom stereocenters. The highest BCUT2D eigenvalue weighted by Crippen LogP contribution is 2.42. The Kier molecular flexibility index (Phi) is 5.00. The first kappa shape index (κ1) is 18.5. The third-order valence-electron chi connectivity index (χ3n) is 4.56. The second kappa shape index (κ2) is 6.77. The van der Waals surface area contributed by atoms with E-state index in [2.05, 4.69) is 4.99 Å². The third kappa shape index (κ3) is 3.63. The van der Waals surface area contributed by atoms with Gasteiger partial charge in [-0.05, 0) is 26.3 Å². The molecule has 3 aliphatic rings. The first-order valence-corrected chi connectivity index (χ1v) is 8.50. The highest BCUT2D eigenvalue weighted by molar-refractivity contribution is 6.65. The summed E-state index contributed by atoms with van der Waals surface area (Å²) in [5, 5.41) is 9.56. The Morgan fingerprint density at radius 3 is 2.72 bits per heavy atom. The molecule has 0 spiro atoms. The molecule has 3 N–H and O–H groups in total. The topological polar surface area (TPSA) is 120 Å². The number of amides is 1. The number of hydrogen-bond acceptors (Lipinski definition) is 7. The molecule has 0 saturated carbocycles. The largest absolute Gasteiger partial charge is 0.394 e. The first-order valence-electron chi connectivity index (χ1n) is 8.13. The number of nitrogens with zero attached hydrogens (tertiary/aromatic N) is 1. The van der Waals surface area contributed by atoms with Crippen LogP contribution in [0.3, 0.4) is 0 Å². The Balaban J connectivity index is 1.87. The van der Waals surface area contributed by atoms with Crippen molar-refractivity contribution in [1.82, 2.24) is 0 Å². The van der Waals surface area contributed by atoms with Gasteiger partial charge in [0.25, 0.3) is 5.91 Å². The lowest BCUT2D eigenvalue weighted by atomic mass is 9.90. The predicted molar refractivity (Wildman–Crippen MR) is 87.9 cm³/mol. The maximum Gasteiger partial charge on any atom is 0.271 e. The van der Waals surface area contributed by atoms with E-state index in [1.807, 2.05) is 0 Å². The molecule has 3 aliphatic heterocycles. The average molecular weight is 373 g/mol. The highest BCUT2D eigenvalue weighted by Gasteiger charge is 2.56. The Hall–Kier alpha value is -1.32. The van der Waals surface area contributed by atoms with Crippen molar-refractivity contribution in [1.29, 1.82) is 0 Å². The molecule has 3 heterocycles. The van der Waals surface area contributed by atoms with Gasteiger partial charge in [0, 0.05) is 12.3 Å². The zero-order valence-electron chi connectivity index (χ0n) is 14.0. The number of carbonyl (C=O) groups excluding carboxylic acids is 2. The van der Waals surface area contributed by atoms with Crippen LogP contribution in [-0.4, -0.2) is 59.3 Å². The van der Waals surface area contributed by atoms with Crippen LogP contribution in [0.25, 0.3) is 0 Å². The fraction of sp³-hybridized carbons (Fsp3) is 0.688. The van der Waals surface area contributed by atoms with Gasteiger partial charge in [0.15, 0.2) is 17.3 Å². The van der Waals surface area contributed by atoms with Gasteiger partial charge in [-0.1, -0.05) is 11.6 Å². The van der Waals surface area contributed by atoms with Crippen LogP contribution in [0.2, 0.25) is 0 Å². The van der Waals surface area contributed by atoms with Gasteiger partial charge in [0.2, 0.25) is 0 Å². The number of ether oxygens (including phenoxy) is 3. The zero-order chi connectivity index (χ0) is 18.4. The van der Waals surface area contributed by atoms with Crippen molar-refractivity contribution in [2.75, 3.05) is 6.61 Å². The molecule has 0 aromatic rings. The fourth-order valence-corrected chi connectivity index (χ4v) is 3.79. The monoisotopic (exact) mass is 372 g/mol. The molecule has 1 amide bonds. The maximum absolute atomic E-state index is 12.1. The van der Waals surface area contributed by atoms with Crippen LogP contribution in [0.15, 0.2) is 16.2 Å². The van der Waals surface area contributed by atoms with Crippen molar-refractivity contribution in [2.45, 2.75) is 56.9 Å². The fourth-order valence-electron chi connectivity index (χ4n) is 3.54. The number of rotatable bonds is 3. The lowest BCUT2D eigenvalue weighted by Crippen LogP contribution is -2.37. The van der Waals surface area contributed by atoms with Gasteiger partial charge in [-0.25, -0.2) is 4.99 Å². The van der Waals surface area contributed by atoms with E-state index in [0.29, 0.717) is 6.42 Å². The number of carbonyl (C=O) groups is 2. The van der Waals surface area contributed by atoms with E-state index in [9.17, 15) is 14.7 Å². The number of nitrogens with two attached hydrogens (primary N) is 1. The summed E-state index contributed by atoms with van der Waals surface area (Å²) in [5.41, 5.74) is 4.82. The number of Topliss-reactive ketones (excluding diaryl/α,β-unsaturated/α-hetero) is 1. The zero-order valence-corrected chi connectivity index (χ0v) is 14.7. The van der Waals surface area contributed by atoms with E-state index < -0.39 is 41.9 Å². The Bertz CT molecular complexity index is 647. The van der Waals surface area contributed by atoms with Gasteiger partial charge in [-0.15, -0.1) is 0 Å². The molecule has 8 nitrogen and oxygen atoms in total. The Morgan fingerprint density at radius 2 is 2.08 bits per heavy atom. The minimum atomic E-state index is -0.901. The van der Waals surface area contributed by atoms with E-state index >= 15 is 0 Å². The summed E-state index contributed by atoms with van der Waals surface area (Å²) in [6.45, 7) is 3.39. The van der Waals surface area contributed by atoms with Crippen molar-refractivity contribution < 1.29 is 28.9 Å². The highest BCUT2D eigenvalue weighted by atomic mass is 35.5. The van der Waals surface area contributed by atoms with Gasteiger partial charge in [0.1, 0.15) is 23.5 Å². The summed E-state index contributed by atoms with van der Waals surface area (Å²) in [4.78, 5) is 27.3. The first-order chi connectivity index (χ1) is 11.7. The lowest BCUT2D eigenvalue weighted by molar-refractivity contribution is -0.194. The molecule has 0 aliphatic carbocycles. The third-order valence-corrected chi connectivity index (χ3v) is 4.77. The van der Waals surface area contributed by atoms with Crippen LogP contribution >= 0.6 is 11.6 Å². The minimum absolute atomic E-state index is 0.00220. The Morgan fingerprint density at radius 1 is 1.40 bits per heavy atom. The van der Waals surface area contributed by atoms with Gasteiger partial charge in [0.05, 0.1) is 12.7 Å². The number of ketones is 1. The molecule has 0 bridgehead atoms. The van der Waals surface area contributed by atoms with E-state index in [4.69, 9.17) is 31.5 Å². The molecular formula is C16H21ClN2O6. The molecule has 138 valence electrons. The van der Waals surface area contributed by atoms with E-state index in [1.54, 1.807) is 19.9 Å². The molecule has 0 aromatic heterocycles. The number of halogens is 1. The molecular weight excluding hydrogens is 352 g/mol. The van der Waals surface area contributed by atoms with Crippen LogP contribution in [0.5, 0.6) is 0 Å². The van der Waals surface area contributed by atoms with Crippen molar-refractivity contribution >= 4 is 29.0 Å². The number of aliphatic imine (C=N–C) groups is 1. The van der Waals surface area contributed by atoms with Crippen molar-refractivity contribution in [3.05, 3.63) is 11.2 Å². The second-order valence-corrected chi connectivity index (χ2v) is 7.21. The maximum atomic E-state index is 12.1. The molecule has 2 unspecified atom stereocenters. The summed E-state index contributed by atoms with van der Waals surface area (Å²) in [6, 6.07) is 0. The number of aliphatic hydroxyl groups is 1. The molecule has 0 radical (unpaired) electrons. The van der Waals surface area contributed by atoms with Gasteiger partial charge in [-0.2, -0.15) is 0 Å². The molecule has 2 fully saturated rings. The van der Waals surface area contributed by atoms with E-state index in [1.165, 1.54) is 0 Å². The quantitative estimate of drug-likeness (QED) is 0.685.